The molecule has 9 heteroatoms. The third-order valence-electron chi connectivity index (χ3n) is 2.88. The van der Waals surface area contributed by atoms with Crippen LogP contribution in [-0.2, 0) is 10.1 Å². The highest BCUT2D eigenvalue weighted by Gasteiger charge is 2.49. The molecule has 0 aromatic heterocycles. The first-order chi connectivity index (χ1) is 10.9. The van der Waals surface area contributed by atoms with Gasteiger partial charge in [0.15, 0.2) is 0 Å². The van der Waals surface area contributed by atoms with Crippen molar-refractivity contribution in [2.75, 3.05) is 6.61 Å². The first-order valence-electron chi connectivity index (χ1n) is 7.07. The van der Waals surface area contributed by atoms with Crippen LogP contribution in [0.4, 0.5) is 13.2 Å². The van der Waals surface area contributed by atoms with Crippen molar-refractivity contribution in [1.29, 1.82) is 0 Å². The summed E-state index contributed by atoms with van der Waals surface area (Å²) in [7, 11) is -8.00. The van der Waals surface area contributed by atoms with Crippen LogP contribution in [0.15, 0.2) is 18.2 Å². The van der Waals surface area contributed by atoms with Gasteiger partial charge in [0, 0.05) is 11.6 Å². The molecule has 0 spiro atoms. The van der Waals surface area contributed by atoms with Crippen LogP contribution in [-0.4, -0.2) is 28.6 Å². The maximum atomic E-state index is 12.6. The zero-order chi connectivity index (χ0) is 18.6. The van der Waals surface area contributed by atoms with Gasteiger partial charge in [0.1, 0.15) is 11.5 Å². The number of hydrogen-bond acceptors (Lipinski definition) is 4. The lowest BCUT2D eigenvalue weighted by Crippen LogP contribution is -2.41. The molecular formula is C15H19F3O4SSi. The second-order valence-electron chi connectivity index (χ2n) is 5.89. The summed E-state index contributed by atoms with van der Waals surface area (Å²) in [6, 6.07) is 4.18. The molecule has 0 heterocycles. The molecule has 0 amide bonds. The number of ether oxygens (including phenoxy) is 1. The van der Waals surface area contributed by atoms with E-state index in [0.29, 0.717) is 17.4 Å². The summed E-state index contributed by atoms with van der Waals surface area (Å²) in [5.74, 6) is 5.50. The Morgan fingerprint density at radius 1 is 1.17 bits per heavy atom. The van der Waals surface area contributed by atoms with Gasteiger partial charge in [-0.15, -0.1) is 11.8 Å². The van der Waals surface area contributed by atoms with Crippen molar-refractivity contribution in [2.45, 2.75) is 38.5 Å². The van der Waals surface area contributed by atoms with Crippen molar-refractivity contribution in [3.8, 4) is 23.3 Å². The molecule has 0 aliphatic carbocycles. The van der Waals surface area contributed by atoms with Gasteiger partial charge in [-0.05, 0) is 19.1 Å². The van der Waals surface area contributed by atoms with Crippen molar-refractivity contribution in [3.05, 3.63) is 18.2 Å². The largest absolute Gasteiger partial charge is 0.534 e. The van der Waals surface area contributed by atoms with Gasteiger partial charge in [-0.1, -0.05) is 25.7 Å². The first-order valence-corrected chi connectivity index (χ1v) is 12.0. The van der Waals surface area contributed by atoms with Crippen molar-refractivity contribution in [2.24, 2.45) is 0 Å². The van der Waals surface area contributed by atoms with Gasteiger partial charge in [-0.2, -0.15) is 21.6 Å². The molecule has 0 bridgehead atoms. The average molecular weight is 380 g/mol. The van der Waals surface area contributed by atoms with Crippen molar-refractivity contribution in [3.63, 3.8) is 0 Å². The Kier molecular flexibility index (Phi) is 6.36. The molecule has 0 aliphatic rings. The zero-order valence-electron chi connectivity index (χ0n) is 13.8. The Morgan fingerprint density at radius 3 is 2.25 bits per heavy atom. The normalized spacial score (nSPS) is 12.3. The number of alkyl halides is 3. The van der Waals surface area contributed by atoms with Crippen LogP contribution >= 0.6 is 0 Å². The van der Waals surface area contributed by atoms with Gasteiger partial charge in [-0.25, -0.2) is 0 Å². The van der Waals surface area contributed by atoms with E-state index in [4.69, 9.17) is 4.74 Å². The third-order valence-corrected chi connectivity index (χ3v) is 5.84. The second-order valence-corrected chi connectivity index (χ2v) is 12.4. The fraction of sp³-hybridized carbons (Fsp3) is 0.467. The SMILES string of the molecule is CC#CCCOc1cccc(OS(=O)(=O)C(F)(F)F)c1[Si](C)(C)C. The topological polar surface area (TPSA) is 52.6 Å². The molecule has 0 N–H and O–H groups in total. The van der Waals surface area contributed by atoms with Crippen LogP contribution in [0.5, 0.6) is 11.5 Å². The molecule has 0 atom stereocenters. The maximum Gasteiger partial charge on any atom is 0.534 e. The van der Waals surface area contributed by atoms with E-state index in [1.807, 2.05) is 19.6 Å². The van der Waals surface area contributed by atoms with E-state index < -0.39 is 23.7 Å². The Labute approximate surface area is 141 Å². The molecule has 1 aromatic rings. The summed E-state index contributed by atoms with van der Waals surface area (Å²) < 4.78 is 70.4. The minimum absolute atomic E-state index is 0.244. The van der Waals surface area contributed by atoms with Crippen LogP contribution in [0.25, 0.3) is 0 Å². The quantitative estimate of drug-likeness (QED) is 0.250. The lowest BCUT2D eigenvalue weighted by molar-refractivity contribution is -0.0499. The molecule has 0 aliphatic heterocycles. The summed E-state index contributed by atoms with van der Waals surface area (Å²) in [4.78, 5) is 0. The fourth-order valence-electron chi connectivity index (χ4n) is 1.94. The van der Waals surface area contributed by atoms with E-state index in [1.165, 1.54) is 12.1 Å². The zero-order valence-corrected chi connectivity index (χ0v) is 15.6. The van der Waals surface area contributed by atoms with Crippen LogP contribution in [0, 0.1) is 11.8 Å². The van der Waals surface area contributed by atoms with Crippen molar-refractivity contribution >= 4 is 23.4 Å². The molecule has 0 fully saturated rings. The molecule has 0 saturated heterocycles. The maximum absolute atomic E-state index is 12.6. The van der Waals surface area contributed by atoms with E-state index in [9.17, 15) is 21.6 Å². The number of rotatable bonds is 6. The summed E-state index contributed by atoms with van der Waals surface area (Å²) >= 11 is 0. The van der Waals surface area contributed by atoms with Gasteiger partial charge >= 0.3 is 15.6 Å². The van der Waals surface area contributed by atoms with E-state index >= 15 is 0 Å². The lowest BCUT2D eigenvalue weighted by atomic mass is 10.3. The van der Waals surface area contributed by atoms with E-state index in [2.05, 4.69) is 16.0 Å². The van der Waals surface area contributed by atoms with Gasteiger partial charge in [0.2, 0.25) is 0 Å². The third kappa shape index (κ3) is 5.17. The molecule has 0 radical (unpaired) electrons. The standard InChI is InChI=1S/C15H19F3O4SSi/c1-5-6-7-11-21-12-9-8-10-13(14(12)24(2,3)4)22-23(19,20)15(16,17)18/h8-10H,7,11H2,1-4H3. The Bertz CT molecular complexity index is 741. The Morgan fingerprint density at radius 2 is 1.75 bits per heavy atom. The highest BCUT2D eigenvalue weighted by Crippen LogP contribution is 2.29. The molecule has 1 aromatic carbocycles. The van der Waals surface area contributed by atoms with Crippen LogP contribution < -0.4 is 14.1 Å². The number of benzene rings is 1. The smallest absolute Gasteiger partial charge is 0.493 e. The predicted molar refractivity (Wildman–Crippen MR) is 88.6 cm³/mol. The molecule has 4 nitrogen and oxygen atoms in total. The Balaban J connectivity index is 3.28. The van der Waals surface area contributed by atoms with Crippen molar-refractivity contribution < 1.29 is 30.5 Å². The van der Waals surface area contributed by atoms with Gasteiger partial charge in [0.25, 0.3) is 0 Å². The molecule has 1 rings (SSSR count). The van der Waals surface area contributed by atoms with E-state index in [1.54, 1.807) is 13.0 Å². The van der Waals surface area contributed by atoms with Gasteiger partial charge in [0.05, 0.1) is 14.7 Å². The van der Waals surface area contributed by atoms with Gasteiger partial charge < -0.3 is 8.92 Å². The molecular weight excluding hydrogens is 361 g/mol. The number of hydrogen-bond donors (Lipinski definition) is 0. The summed E-state index contributed by atoms with van der Waals surface area (Å²) in [6.45, 7) is 7.49. The van der Waals surface area contributed by atoms with Crippen LogP contribution in [0.2, 0.25) is 19.6 Å². The molecule has 0 saturated carbocycles. The highest BCUT2D eigenvalue weighted by atomic mass is 32.2. The summed E-state index contributed by atoms with van der Waals surface area (Å²) in [6.07, 6.45) is 0.452. The van der Waals surface area contributed by atoms with E-state index in [0.717, 1.165) is 0 Å². The molecule has 134 valence electrons. The Hall–Kier alpha value is -1.66. The van der Waals surface area contributed by atoms with E-state index in [-0.39, 0.29) is 12.4 Å². The molecule has 24 heavy (non-hydrogen) atoms. The van der Waals surface area contributed by atoms with Crippen LogP contribution in [0.1, 0.15) is 13.3 Å². The molecule has 0 unspecified atom stereocenters. The predicted octanol–water partition coefficient (Wildman–Crippen LogP) is 3.25. The highest BCUT2D eigenvalue weighted by molar-refractivity contribution is 7.88. The monoisotopic (exact) mass is 380 g/mol. The first kappa shape index (κ1) is 20.4. The second kappa shape index (κ2) is 7.48. The van der Waals surface area contributed by atoms with Gasteiger partial charge in [-0.3, -0.25) is 0 Å². The van der Waals surface area contributed by atoms with Crippen molar-refractivity contribution in [1.82, 2.24) is 0 Å². The summed E-state index contributed by atoms with van der Waals surface area (Å²) in [5.41, 5.74) is -5.49. The minimum Gasteiger partial charge on any atom is -0.493 e. The lowest BCUT2D eigenvalue weighted by Gasteiger charge is -2.24. The summed E-state index contributed by atoms with van der Waals surface area (Å²) in [5, 5.41) is 0.377. The fourth-order valence-corrected chi connectivity index (χ4v) is 4.25. The van der Waals surface area contributed by atoms with Crippen LogP contribution in [0.3, 0.4) is 0 Å². The minimum atomic E-state index is -5.74. The average Bonchev–Trinajstić information content (AvgIpc) is 2.40. The number of halogens is 3.